The van der Waals surface area contributed by atoms with Crippen molar-refractivity contribution in [1.29, 1.82) is 0 Å². The van der Waals surface area contributed by atoms with Gasteiger partial charge < -0.3 is 0 Å². The Bertz CT molecular complexity index is 140. The van der Waals surface area contributed by atoms with Gasteiger partial charge in [0.2, 0.25) is 0 Å². The second-order valence-electron chi connectivity index (χ2n) is 5.82. The molecule has 0 aromatic carbocycles. The van der Waals surface area contributed by atoms with Gasteiger partial charge in [-0.15, -0.1) is 0 Å². The average Bonchev–Trinajstić information content (AvgIpc) is 2.19. The topological polar surface area (TPSA) is 23.8 Å². The quantitative estimate of drug-likeness (QED) is 0.342. The van der Waals surface area contributed by atoms with Crippen molar-refractivity contribution >= 4 is 8.24 Å². The lowest BCUT2D eigenvalue weighted by molar-refractivity contribution is 0.561. The second-order valence-corrected chi connectivity index (χ2v) is 10.1. The molecule has 0 fully saturated rings. The summed E-state index contributed by atoms with van der Waals surface area (Å²) in [6.45, 7) is 6.58. The molecule has 0 bridgehead atoms. The van der Waals surface area contributed by atoms with Gasteiger partial charge in [0.05, 0.1) is 0 Å². The maximum atomic E-state index is 7.88. The molecule has 0 aromatic heterocycles. The predicted octanol–water partition coefficient (Wildman–Crippen LogP) is 5.40. The minimum absolute atomic E-state index is 1.20. The van der Waals surface area contributed by atoms with Gasteiger partial charge in [0.1, 0.15) is 8.24 Å². The van der Waals surface area contributed by atoms with E-state index in [0.717, 1.165) is 0 Å². The van der Waals surface area contributed by atoms with Crippen molar-refractivity contribution in [1.82, 2.24) is 5.40 Å². The lowest BCUT2D eigenvalue weighted by atomic mass is 10.1. The van der Waals surface area contributed by atoms with Crippen LogP contribution in [-0.4, -0.2) is 8.24 Å². The van der Waals surface area contributed by atoms with E-state index >= 15 is 0 Å². The number of nitrogens with one attached hydrogen (secondary N) is 1. The zero-order valence-electron chi connectivity index (χ0n) is 11.8. The molecule has 0 atom stereocenters. The highest BCUT2D eigenvalue weighted by Crippen LogP contribution is 2.14. The van der Waals surface area contributed by atoms with Gasteiger partial charge in [-0.2, -0.15) is 0 Å². The van der Waals surface area contributed by atoms with E-state index in [4.69, 9.17) is 5.40 Å². The number of rotatable bonds is 11. The SMILES string of the molecule is CCCCCCCCCCCC[Si](C)(C)[NH]. The summed E-state index contributed by atoms with van der Waals surface area (Å²) in [7, 11) is -1.50. The molecule has 0 aliphatic rings. The van der Waals surface area contributed by atoms with Crippen LogP contribution in [0.4, 0.5) is 0 Å². The highest BCUT2D eigenvalue weighted by atomic mass is 28.3. The highest BCUT2D eigenvalue weighted by Gasteiger charge is 2.13. The summed E-state index contributed by atoms with van der Waals surface area (Å²) in [5, 5.41) is 7.88. The Labute approximate surface area is 104 Å². The summed E-state index contributed by atoms with van der Waals surface area (Å²) in [6.07, 6.45) is 14.0. The molecule has 0 aliphatic heterocycles. The maximum absolute atomic E-state index is 7.88. The first-order valence-electron chi connectivity index (χ1n) is 7.31. The Hall–Kier alpha value is 0.177. The van der Waals surface area contributed by atoms with Crippen LogP contribution in [0.15, 0.2) is 0 Å². The van der Waals surface area contributed by atoms with Gasteiger partial charge in [-0.3, -0.25) is 5.40 Å². The first-order valence-corrected chi connectivity index (χ1v) is 10.5. The fourth-order valence-corrected chi connectivity index (χ4v) is 3.19. The van der Waals surface area contributed by atoms with Crippen LogP contribution in [-0.2, 0) is 0 Å². The van der Waals surface area contributed by atoms with E-state index in [1.807, 2.05) is 0 Å². The van der Waals surface area contributed by atoms with Crippen molar-refractivity contribution in [2.24, 2.45) is 0 Å². The molecule has 16 heavy (non-hydrogen) atoms. The van der Waals surface area contributed by atoms with Crippen molar-refractivity contribution in [2.45, 2.75) is 90.3 Å². The molecule has 0 heterocycles. The van der Waals surface area contributed by atoms with E-state index in [1.165, 1.54) is 70.3 Å². The monoisotopic (exact) mass is 242 g/mol. The first-order chi connectivity index (χ1) is 7.56. The Kier molecular flexibility index (Phi) is 10.5. The van der Waals surface area contributed by atoms with Gasteiger partial charge in [-0.1, -0.05) is 84.2 Å². The molecule has 0 aliphatic carbocycles. The zero-order valence-corrected chi connectivity index (χ0v) is 12.8. The van der Waals surface area contributed by atoms with Crippen LogP contribution >= 0.6 is 0 Å². The maximum Gasteiger partial charge on any atom is 0.134 e. The molecular formula is C14H32NSi. The largest absolute Gasteiger partial charge is 0.285 e. The average molecular weight is 243 g/mol. The fraction of sp³-hybridized carbons (Fsp3) is 1.00. The van der Waals surface area contributed by atoms with Crippen molar-refractivity contribution in [3.05, 3.63) is 0 Å². The van der Waals surface area contributed by atoms with E-state index in [0.29, 0.717) is 0 Å². The molecule has 0 saturated carbocycles. The van der Waals surface area contributed by atoms with Crippen LogP contribution in [0.5, 0.6) is 0 Å². The molecule has 1 N–H and O–H groups in total. The summed E-state index contributed by atoms with van der Waals surface area (Å²) in [4.78, 5) is 0. The lowest BCUT2D eigenvalue weighted by Crippen LogP contribution is -2.26. The number of unbranched alkanes of at least 4 members (excludes halogenated alkanes) is 9. The summed E-state index contributed by atoms with van der Waals surface area (Å²) >= 11 is 0. The zero-order chi connectivity index (χ0) is 12.3. The van der Waals surface area contributed by atoms with Crippen LogP contribution in [0.1, 0.15) is 71.1 Å². The van der Waals surface area contributed by atoms with E-state index in [-0.39, 0.29) is 0 Å². The molecule has 1 radical (unpaired) electrons. The Morgan fingerprint density at radius 1 is 0.688 bits per heavy atom. The molecule has 0 amide bonds. The lowest BCUT2D eigenvalue weighted by Gasteiger charge is -2.13. The van der Waals surface area contributed by atoms with E-state index < -0.39 is 8.24 Å². The van der Waals surface area contributed by atoms with E-state index in [1.54, 1.807) is 0 Å². The molecule has 0 aromatic rings. The molecule has 0 saturated heterocycles. The van der Waals surface area contributed by atoms with Crippen LogP contribution < -0.4 is 5.40 Å². The van der Waals surface area contributed by atoms with Crippen molar-refractivity contribution in [2.75, 3.05) is 0 Å². The number of hydrogen-bond donors (Lipinski definition) is 0. The third kappa shape index (κ3) is 14.2. The van der Waals surface area contributed by atoms with Gasteiger partial charge in [0.15, 0.2) is 0 Å². The van der Waals surface area contributed by atoms with Crippen LogP contribution in [0.2, 0.25) is 19.1 Å². The summed E-state index contributed by atoms with van der Waals surface area (Å²) in [5.41, 5.74) is 0. The van der Waals surface area contributed by atoms with Crippen molar-refractivity contribution < 1.29 is 0 Å². The molecule has 0 rings (SSSR count). The van der Waals surface area contributed by atoms with E-state index in [2.05, 4.69) is 20.0 Å². The van der Waals surface area contributed by atoms with Crippen LogP contribution in [0.25, 0.3) is 0 Å². The molecule has 0 spiro atoms. The predicted molar refractivity (Wildman–Crippen MR) is 77.2 cm³/mol. The van der Waals surface area contributed by atoms with Gasteiger partial charge in [0, 0.05) is 0 Å². The third-order valence-corrected chi connectivity index (χ3v) is 4.76. The summed E-state index contributed by atoms with van der Waals surface area (Å²) < 4.78 is 0. The standard InChI is InChI=1S/C14H32NSi/c1-4-5-6-7-8-9-10-11-12-13-14-16(2,3)15/h15H,4-14H2,1-3H3. The second kappa shape index (κ2) is 10.3. The first kappa shape index (κ1) is 16.2. The summed E-state index contributed by atoms with van der Waals surface area (Å²) in [5.74, 6) is 0. The van der Waals surface area contributed by atoms with Crippen LogP contribution in [0, 0.1) is 0 Å². The number of hydrogen-bond acceptors (Lipinski definition) is 0. The van der Waals surface area contributed by atoms with Crippen molar-refractivity contribution in [3.8, 4) is 0 Å². The minimum Gasteiger partial charge on any atom is -0.285 e. The Balaban J connectivity index is 2.99. The molecule has 1 nitrogen and oxygen atoms in total. The highest BCUT2D eigenvalue weighted by molar-refractivity contribution is 6.73. The molecular weight excluding hydrogens is 210 g/mol. The Morgan fingerprint density at radius 2 is 1.06 bits per heavy atom. The fourth-order valence-electron chi connectivity index (χ4n) is 2.05. The van der Waals surface area contributed by atoms with Crippen LogP contribution in [0.3, 0.4) is 0 Å². The minimum atomic E-state index is -1.50. The Morgan fingerprint density at radius 3 is 1.44 bits per heavy atom. The smallest absolute Gasteiger partial charge is 0.134 e. The molecule has 0 unspecified atom stereocenters. The normalized spacial score (nSPS) is 12.0. The van der Waals surface area contributed by atoms with E-state index in [9.17, 15) is 0 Å². The molecule has 2 heteroatoms. The summed E-state index contributed by atoms with van der Waals surface area (Å²) in [6, 6.07) is 1.20. The van der Waals surface area contributed by atoms with Crippen molar-refractivity contribution in [3.63, 3.8) is 0 Å². The van der Waals surface area contributed by atoms with Gasteiger partial charge in [-0.25, -0.2) is 0 Å². The van der Waals surface area contributed by atoms with Gasteiger partial charge >= 0.3 is 0 Å². The van der Waals surface area contributed by atoms with Gasteiger partial charge in [0.25, 0.3) is 0 Å². The third-order valence-electron chi connectivity index (χ3n) is 3.16. The van der Waals surface area contributed by atoms with Gasteiger partial charge in [-0.05, 0) is 6.04 Å². The molecule has 97 valence electrons.